The maximum Gasteiger partial charge on any atom is 0.269 e. The second kappa shape index (κ2) is 6.33. The Bertz CT molecular complexity index is 451. The van der Waals surface area contributed by atoms with Crippen LogP contribution in [0.15, 0.2) is 24.3 Å². The first-order valence-corrected chi connectivity index (χ1v) is 7.15. The van der Waals surface area contributed by atoms with E-state index in [0.717, 1.165) is 18.7 Å². The van der Waals surface area contributed by atoms with E-state index in [1.807, 2.05) is 12.1 Å². The lowest BCUT2D eigenvalue weighted by Gasteiger charge is -2.36. The molecule has 1 aromatic carbocycles. The number of benzene rings is 1. The van der Waals surface area contributed by atoms with Crippen LogP contribution >= 0.6 is 0 Å². The zero-order chi connectivity index (χ0) is 14.6. The van der Waals surface area contributed by atoms with Gasteiger partial charge in [0.1, 0.15) is 0 Å². The van der Waals surface area contributed by atoms with Gasteiger partial charge in [-0.25, -0.2) is 0 Å². The van der Waals surface area contributed by atoms with Gasteiger partial charge in [-0.2, -0.15) is 0 Å². The Morgan fingerprint density at radius 3 is 2.35 bits per heavy atom. The molecule has 5 heteroatoms. The van der Waals surface area contributed by atoms with E-state index in [1.54, 1.807) is 12.1 Å². The molecule has 0 spiro atoms. The van der Waals surface area contributed by atoms with E-state index in [2.05, 4.69) is 24.3 Å². The van der Waals surface area contributed by atoms with Crippen LogP contribution < -0.4 is 5.32 Å². The van der Waals surface area contributed by atoms with Gasteiger partial charge in [0, 0.05) is 30.8 Å². The summed E-state index contributed by atoms with van der Waals surface area (Å²) >= 11 is 0. The summed E-state index contributed by atoms with van der Waals surface area (Å²) in [5.41, 5.74) is 1.51. The third-order valence-corrected chi connectivity index (χ3v) is 4.41. The summed E-state index contributed by atoms with van der Waals surface area (Å²) in [5, 5.41) is 14.1. The van der Waals surface area contributed by atoms with Gasteiger partial charge in [-0.1, -0.05) is 25.0 Å². The molecule has 0 saturated heterocycles. The van der Waals surface area contributed by atoms with Crippen LogP contribution in [-0.4, -0.2) is 36.0 Å². The van der Waals surface area contributed by atoms with Crippen molar-refractivity contribution in [3.8, 4) is 0 Å². The fourth-order valence-corrected chi connectivity index (χ4v) is 2.99. The normalized spacial score (nSPS) is 17.6. The van der Waals surface area contributed by atoms with Crippen LogP contribution in [0.5, 0.6) is 0 Å². The highest BCUT2D eigenvalue weighted by atomic mass is 16.6. The summed E-state index contributed by atoms with van der Waals surface area (Å²) < 4.78 is 0. The quantitative estimate of drug-likeness (QED) is 0.641. The van der Waals surface area contributed by atoms with Gasteiger partial charge in [-0.05, 0) is 32.5 Å². The first kappa shape index (κ1) is 14.9. The predicted molar refractivity (Wildman–Crippen MR) is 79.7 cm³/mol. The van der Waals surface area contributed by atoms with Crippen molar-refractivity contribution in [2.45, 2.75) is 37.8 Å². The minimum atomic E-state index is -0.364. The largest absolute Gasteiger partial charge is 0.311 e. The van der Waals surface area contributed by atoms with Gasteiger partial charge in [0.2, 0.25) is 0 Å². The Kier molecular flexibility index (Phi) is 4.73. The molecule has 1 aliphatic rings. The van der Waals surface area contributed by atoms with Gasteiger partial charge in [0.15, 0.2) is 0 Å². The van der Waals surface area contributed by atoms with E-state index in [4.69, 9.17) is 0 Å². The Balaban J connectivity index is 1.87. The number of likely N-dealkylation sites (N-methyl/N-ethyl adjacent to an activating group) is 1. The number of non-ortho nitro benzene ring substituents is 1. The molecule has 0 aliphatic heterocycles. The molecule has 2 rings (SSSR count). The molecule has 0 heterocycles. The molecular weight excluding hydrogens is 254 g/mol. The van der Waals surface area contributed by atoms with Gasteiger partial charge in [-0.15, -0.1) is 0 Å². The Morgan fingerprint density at radius 1 is 1.25 bits per heavy atom. The van der Waals surface area contributed by atoms with Gasteiger partial charge in [-0.3, -0.25) is 10.1 Å². The molecule has 0 aromatic heterocycles. The molecule has 0 radical (unpaired) electrons. The molecule has 1 aliphatic carbocycles. The molecule has 20 heavy (non-hydrogen) atoms. The van der Waals surface area contributed by atoms with Crippen LogP contribution in [0, 0.1) is 10.1 Å². The van der Waals surface area contributed by atoms with E-state index in [1.165, 1.54) is 25.7 Å². The zero-order valence-electron chi connectivity index (χ0n) is 12.3. The highest BCUT2D eigenvalue weighted by Gasteiger charge is 2.35. The van der Waals surface area contributed by atoms with Crippen LogP contribution in [-0.2, 0) is 6.54 Å². The summed E-state index contributed by atoms with van der Waals surface area (Å²) in [7, 11) is 4.30. The molecule has 1 aromatic rings. The van der Waals surface area contributed by atoms with Crippen LogP contribution in [0.2, 0.25) is 0 Å². The van der Waals surface area contributed by atoms with Crippen molar-refractivity contribution in [3.63, 3.8) is 0 Å². The Labute approximate surface area is 120 Å². The number of nitro groups is 1. The Hall–Kier alpha value is -1.46. The molecule has 5 nitrogen and oxygen atoms in total. The first-order chi connectivity index (χ1) is 9.53. The van der Waals surface area contributed by atoms with Crippen LogP contribution in [0.1, 0.15) is 31.2 Å². The fourth-order valence-electron chi connectivity index (χ4n) is 2.99. The molecule has 0 atom stereocenters. The lowest BCUT2D eigenvalue weighted by Crippen LogP contribution is -2.49. The molecule has 110 valence electrons. The minimum Gasteiger partial charge on any atom is -0.311 e. The maximum atomic E-state index is 10.6. The molecule has 1 N–H and O–H groups in total. The summed E-state index contributed by atoms with van der Waals surface area (Å²) in [4.78, 5) is 12.6. The summed E-state index contributed by atoms with van der Waals surface area (Å²) in [6.45, 7) is 1.73. The number of hydrogen-bond acceptors (Lipinski definition) is 4. The summed E-state index contributed by atoms with van der Waals surface area (Å²) in [5.74, 6) is 0. The van der Waals surface area contributed by atoms with Crippen LogP contribution in [0.4, 0.5) is 5.69 Å². The number of nitro benzene ring substituents is 1. The monoisotopic (exact) mass is 277 g/mol. The smallest absolute Gasteiger partial charge is 0.269 e. The van der Waals surface area contributed by atoms with Gasteiger partial charge < -0.3 is 10.2 Å². The van der Waals surface area contributed by atoms with Gasteiger partial charge >= 0.3 is 0 Å². The minimum absolute atomic E-state index is 0.148. The standard InChI is InChI=1S/C15H23N3O2/c1-17(2)15(9-3-4-10-15)12-16-11-13-5-7-14(8-6-13)18(19)20/h5-8,16H,3-4,9-12H2,1-2H3. The highest BCUT2D eigenvalue weighted by molar-refractivity contribution is 5.32. The topological polar surface area (TPSA) is 58.4 Å². The van der Waals surface area contributed by atoms with Crippen molar-refractivity contribution >= 4 is 5.69 Å². The third kappa shape index (κ3) is 3.35. The average Bonchev–Trinajstić information content (AvgIpc) is 2.89. The number of nitrogens with zero attached hydrogens (tertiary/aromatic N) is 2. The number of hydrogen-bond donors (Lipinski definition) is 1. The van der Waals surface area contributed by atoms with E-state index in [9.17, 15) is 10.1 Å². The van der Waals surface area contributed by atoms with E-state index < -0.39 is 0 Å². The summed E-state index contributed by atoms with van der Waals surface area (Å²) in [6.07, 6.45) is 5.09. The van der Waals surface area contributed by atoms with Gasteiger partial charge in [0.25, 0.3) is 5.69 Å². The van der Waals surface area contributed by atoms with E-state index in [-0.39, 0.29) is 16.1 Å². The van der Waals surface area contributed by atoms with E-state index >= 15 is 0 Å². The Morgan fingerprint density at radius 2 is 1.85 bits per heavy atom. The van der Waals surface area contributed by atoms with Crippen molar-refractivity contribution in [3.05, 3.63) is 39.9 Å². The first-order valence-electron chi connectivity index (χ1n) is 7.15. The van der Waals surface area contributed by atoms with Crippen LogP contribution in [0.3, 0.4) is 0 Å². The maximum absolute atomic E-state index is 10.6. The van der Waals surface area contributed by atoms with Crippen molar-refractivity contribution in [1.82, 2.24) is 10.2 Å². The molecule has 1 saturated carbocycles. The zero-order valence-corrected chi connectivity index (χ0v) is 12.3. The van der Waals surface area contributed by atoms with Gasteiger partial charge in [0.05, 0.1) is 4.92 Å². The lowest BCUT2D eigenvalue weighted by atomic mass is 9.96. The highest BCUT2D eigenvalue weighted by Crippen LogP contribution is 2.33. The molecule has 0 amide bonds. The summed E-state index contributed by atoms with van der Waals surface area (Å²) in [6, 6.07) is 6.77. The second-order valence-electron chi connectivity index (χ2n) is 5.85. The van der Waals surface area contributed by atoms with Crippen molar-refractivity contribution in [2.24, 2.45) is 0 Å². The van der Waals surface area contributed by atoms with E-state index in [0.29, 0.717) is 0 Å². The lowest BCUT2D eigenvalue weighted by molar-refractivity contribution is -0.384. The number of rotatable bonds is 6. The van der Waals surface area contributed by atoms with Crippen LogP contribution in [0.25, 0.3) is 0 Å². The molecular formula is C15H23N3O2. The molecule has 0 unspecified atom stereocenters. The SMILES string of the molecule is CN(C)C1(CNCc2ccc([N+](=O)[O-])cc2)CCCC1. The average molecular weight is 277 g/mol. The van der Waals surface area contributed by atoms with Crippen molar-refractivity contribution in [2.75, 3.05) is 20.6 Å². The molecule has 1 fully saturated rings. The second-order valence-corrected chi connectivity index (χ2v) is 5.85. The number of nitrogens with one attached hydrogen (secondary N) is 1. The van der Waals surface area contributed by atoms with Crippen molar-refractivity contribution in [1.29, 1.82) is 0 Å². The molecule has 0 bridgehead atoms. The third-order valence-electron chi connectivity index (χ3n) is 4.41. The fraction of sp³-hybridized carbons (Fsp3) is 0.600. The van der Waals surface area contributed by atoms with Crippen molar-refractivity contribution < 1.29 is 4.92 Å². The predicted octanol–water partition coefficient (Wildman–Crippen LogP) is 2.56.